The van der Waals surface area contributed by atoms with E-state index < -0.39 is 0 Å². The number of fused-ring (bicyclic) bond motifs is 3. The average Bonchev–Trinajstić information content (AvgIpc) is 2.93. The van der Waals surface area contributed by atoms with Crippen molar-refractivity contribution in [1.82, 2.24) is 9.55 Å². The first-order valence-electron chi connectivity index (χ1n) is 7.85. The Morgan fingerprint density at radius 3 is 2.83 bits per heavy atom. The summed E-state index contributed by atoms with van der Waals surface area (Å²) < 4.78 is 1.76. The quantitative estimate of drug-likeness (QED) is 0.515. The van der Waals surface area contributed by atoms with Gasteiger partial charge in [-0.15, -0.1) is 11.3 Å². The number of benzene rings is 1. The van der Waals surface area contributed by atoms with Crippen LogP contribution in [-0.4, -0.2) is 15.8 Å². The minimum Gasteiger partial charge on any atom is -0.268 e. The Kier molecular flexibility index (Phi) is 3.77. The molecule has 3 aromatic rings. The molecule has 1 aliphatic carbocycles. The Labute approximate surface area is 143 Å². The molecular formula is C18H18N2OS2. The largest absolute Gasteiger partial charge is 0.268 e. The van der Waals surface area contributed by atoms with Gasteiger partial charge in [0.1, 0.15) is 4.83 Å². The second kappa shape index (κ2) is 5.80. The second-order valence-electron chi connectivity index (χ2n) is 6.11. The maximum Gasteiger partial charge on any atom is 0.267 e. The summed E-state index contributed by atoms with van der Waals surface area (Å²) in [5.41, 5.74) is 2.22. The van der Waals surface area contributed by atoms with Gasteiger partial charge in [0.05, 0.1) is 11.1 Å². The van der Waals surface area contributed by atoms with Gasteiger partial charge < -0.3 is 0 Å². The number of hydrogen-bond acceptors (Lipinski definition) is 4. The van der Waals surface area contributed by atoms with E-state index in [4.69, 9.17) is 4.98 Å². The van der Waals surface area contributed by atoms with E-state index in [9.17, 15) is 4.79 Å². The van der Waals surface area contributed by atoms with Crippen molar-refractivity contribution in [1.29, 1.82) is 0 Å². The number of hydrogen-bond donors (Lipinski definition) is 0. The molecule has 0 saturated carbocycles. The van der Waals surface area contributed by atoms with E-state index in [2.05, 4.69) is 6.92 Å². The Hall–Kier alpha value is -1.59. The third kappa shape index (κ3) is 2.42. The number of thioether (sulfide) groups is 1. The molecule has 1 aliphatic rings. The van der Waals surface area contributed by atoms with Crippen LogP contribution in [0.5, 0.6) is 0 Å². The molecule has 5 heteroatoms. The first-order valence-corrected chi connectivity index (χ1v) is 9.90. The maximum atomic E-state index is 13.3. The molecule has 0 aliphatic heterocycles. The third-order valence-corrected chi connectivity index (χ3v) is 6.32. The van der Waals surface area contributed by atoms with Crippen LogP contribution in [0.25, 0.3) is 15.9 Å². The summed E-state index contributed by atoms with van der Waals surface area (Å²) >= 11 is 3.24. The smallest absolute Gasteiger partial charge is 0.267 e. The predicted octanol–water partition coefficient (Wildman–Crippen LogP) is 4.29. The second-order valence-corrected chi connectivity index (χ2v) is 7.96. The summed E-state index contributed by atoms with van der Waals surface area (Å²) in [5.74, 6) is 0.644. The fourth-order valence-electron chi connectivity index (χ4n) is 3.32. The van der Waals surface area contributed by atoms with Gasteiger partial charge in [-0.25, -0.2) is 4.98 Å². The van der Waals surface area contributed by atoms with Crippen molar-refractivity contribution in [3.8, 4) is 5.69 Å². The number of nitrogens with zero attached hydrogens (tertiary/aromatic N) is 2. The topological polar surface area (TPSA) is 34.9 Å². The van der Waals surface area contributed by atoms with E-state index in [1.807, 2.05) is 36.6 Å². The molecule has 2 heterocycles. The van der Waals surface area contributed by atoms with Crippen molar-refractivity contribution >= 4 is 33.3 Å². The molecule has 0 bridgehead atoms. The molecule has 0 fully saturated rings. The van der Waals surface area contributed by atoms with Crippen LogP contribution in [0.15, 0.2) is 40.3 Å². The van der Waals surface area contributed by atoms with Gasteiger partial charge in [-0.1, -0.05) is 36.9 Å². The number of para-hydroxylation sites is 1. The zero-order valence-electron chi connectivity index (χ0n) is 13.2. The Morgan fingerprint density at radius 1 is 1.30 bits per heavy atom. The van der Waals surface area contributed by atoms with Crippen molar-refractivity contribution in [3.63, 3.8) is 0 Å². The SMILES string of the molecule is CSc1nc2sc3c(c2c(=O)n1-c1ccccc1)C[C@@H](C)CC3. The lowest BCUT2D eigenvalue weighted by Gasteiger charge is -2.18. The highest BCUT2D eigenvalue weighted by Gasteiger charge is 2.24. The fraction of sp³-hybridized carbons (Fsp3) is 0.333. The monoisotopic (exact) mass is 342 g/mol. The van der Waals surface area contributed by atoms with E-state index >= 15 is 0 Å². The predicted molar refractivity (Wildman–Crippen MR) is 98.2 cm³/mol. The van der Waals surface area contributed by atoms with Crippen LogP contribution in [0.4, 0.5) is 0 Å². The molecule has 0 amide bonds. The molecule has 0 saturated heterocycles. The molecule has 2 aromatic heterocycles. The maximum absolute atomic E-state index is 13.3. The molecule has 0 unspecified atom stereocenters. The number of aryl methyl sites for hydroxylation is 1. The van der Waals surface area contributed by atoms with E-state index in [0.29, 0.717) is 5.92 Å². The molecule has 0 spiro atoms. The third-order valence-electron chi connectivity index (χ3n) is 4.49. The van der Waals surface area contributed by atoms with Gasteiger partial charge in [0.2, 0.25) is 0 Å². The van der Waals surface area contributed by atoms with Crippen molar-refractivity contribution in [3.05, 3.63) is 51.1 Å². The van der Waals surface area contributed by atoms with Crippen LogP contribution < -0.4 is 5.56 Å². The first-order chi connectivity index (χ1) is 11.2. The van der Waals surface area contributed by atoms with Crippen molar-refractivity contribution in [2.45, 2.75) is 31.3 Å². The van der Waals surface area contributed by atoms with Crippen LogP contribution >= 0.6 is 23.1 Å². The minimum absolute atomic E-state index is 0.0807. The molecule has 4 rings (SSSR count). The summed E-state index contributed by atoms with van der Waals surface area (Å²) in [6, 6.07) is 9.82. The molecule has 1 atom stereocenters. The summed E-state index contributed by atoms with van der Waals surface area (Å²) in [6.07, 6.45) is 5.27. The van der Waals surface area contributed by atoms with E-state index in [1.165, 1.54) is 28.6 Å². The first kappa shape index (κ1) is 15.0. The van der Waals surface area contributed by atoms with Gasteiger partial charge in [-0.05, 0) is 49.1 Å². The van der Waals surface area contributed by atoms with Crippen LogP contribution in [-0.2, 0) is 12.8 Å². The van der Waals surface area contributed by atoms with Gasteiger partial charge in [0.15, 0.2) is 5.16 Å². The average molecular weight is 342 g/mol. The molecular weight excluding hydrogens is 324 g/mol. The Bertz CT molecular complexity index is 928. The van der Waals surface area contributed by atoms with Gasteiger partial charge in [0.25, 0.3) is 5.56 Å². The van der Waals surface area contributed by atoms with Gasteiger partial charge in [0, 0.05) is 4.88 Å². The van der Waals surface area contributed by atoms with E-state index in [0.717, 1.165) is 33.9 Å². The molecule has 23 heavy (non-hydrogen) atoms. The molecule has 3 nitrogen and oxygen atoms in total. The lowest BCUT2D eigenvalue weighted by Crippen LogP contribution is -2.22. The Balaban J connectivity index is 2.05. The van der Waals surface area contributed by atoms with Gasteiger partial charge in [-0.3, -0.25) is 9.36 Å². The van der Waals surface area contributed by atoms with E-state index in [-0.39, 0.29) is 5.56 Å². The van der Waals surface area contributed by atoms with Crippen molar-refractivity contribution in [2.75, 3.05) is 6.26 Å². The van der Waals surface area contributed by atoms with Crippen molar-refractivity contribution < 1.29 is 0 Å². The van der Waals surface area contributed by atoms with Crippen LogP contribution in [0, 0.1) is 5.92 Å². The lowest BCUT2D eigenvalue weighted by molar-refractivity contribution is 0.508. The highest BCUT2D eigenvalue weighted by molar-refractivity contribution is 7.98. The van der Waals surface area contributed by atoms with Crippen LogP contribution in [0.2, 0.25) is 0 Å². The number of rotatable bonds is 2. The zero-order valence-corrected chi connectivity index (χ0v) is 14.8. The van der Waals surface area contributed by atoms with Crippen LogP contribution in [0.3, 0.4) is 0 Å². The normalized spacial score (nSPS) is 17.4. The summed E-state index contributed by atoms with van der Waals surface area (Å²) in [4.78, 5) is 20.3. The summed E-state index contributed by atoms with van der Waals surface area (Å²) in [7, 11) is 0. The number of thiophene rings is 1. The summed E-state index contributed by atoms with van der Waals surface area (Å²) in [6.45, 7) is 2.27. The molecule has 118 valence electrons. The number of aromatic nitrogens is 2. The Morgan fingerprint density at radius 2 is 2.09 bits per heavy atom. The van der Waals surface area contributed by atoms with E-state index in [1.54, 1.807) is 15.9 Å². The zero-order chi connectivity index (χ0) is 16.0. The van der Waals surface area contributed by atoms with Crippen LogP contribution in [0.1, 0.15) is 23.8 Å². The highest BCUT2D eigenvalue weighted by atomic mass is 32.2. The summed E-state index contributed by atoms with van der Waals surface area (Å²) in [5, 5.41) is 1.61. The van der Waals surface area contributed by atoms with Crippen molar-refractivity contribution in [2.24, 2.45) is 5.92 Å². The minimum atomic E-state index is 0.0807. The lowest BCUT2D eigenvalue weighted by atomic mass is 9.89. The van der Waals surface area contributed by atoms with Gasteiger partial charge >= 0.3 is 0 Å². The highest BCUT2D eigenvalue weighted by Crippen LogP contribution is 2.36. The molecule has 0 radical (unpaired) electrons. The fourth-order valence-corrected chi connectivity index (χ4v) is 5.14. The van der Waals surface area contributed by atoms with Gasteiger partial charge in [-0.2, -0.15) is 0 Å². The molecule has 1 aromatic carbocycles. The molecule has 0 N–H and O–H groups in total. The standard InChI is InChI=1S/C18H18N2OS2/c1-11-8-9-14-13(10-11)15-16(23-14)19-18(22-2)20(17(15)21)12-6-4-3-5-7-12/h3-7,11H,8-10H2,1-2H3/t11-/m0/s1.